The third-order valence-electron chi connectivity index (χ3n) is 4.13. The second-order valence-electron chi connectivity index (χ2n) is 5.61. The molecule has 114 valence electrons. The second-order valence-corrected chi connectivity index (χ2v) is 8.24. The normalized spacial score (nSPS) is 24.3. The molecule has 21 heavy (non-hydrogen) atoms. The Bertz CT molecular complexity index is 610. The van der Waals surface area contributed by atoms with E-state index in [0.29, 0.717) is 16.5 Å². The monoisotopic (exact) mass is 321 g/mol. The highest BCUT2D eigenvalue weighted by atomic mass is 32.2. The van der Waals surface area contributed by atoms with Crippen molar-refractivity contribution in [3.05, 3.63) is 35.6 Å². The van der Waals surface area contributed by atoms with E-state index in [4.69, 9.17) is 4.42 Å². The average molecular weight is 322 g/mol. The van der Waals surface area contributed by atoms with Gasteiger partial charge in [-0.1, -0.05) is 18.6 Å². The summed E-state index contributed by atoms with van der Waals surface area (Å²) in [6, 6.07) is 8.91. The Balaban J connectivity index is 1.93. The predicted octanol–water partition coefficient (Wildman–Crippen LogP) is 4.63. The Kier molecular flexibility index (Phi) is 4.87. The van der Waals surface area contributed by atoms with Gasteiger partial charge in [-0.15, -0.1) is 0 Å². The van der Waals surface area contributed by atoms with Gasteiger partial charge in [0.25, 0.3) is 0 Å². The maximum absolute atomic E-state index is 6.14. The Morgan fingerprint density at radius 2 is 2.10 bits per heavy atom. The van der Waals surface area contributed by atoms with Crippen LogP contribution in [0.2, 0.25) is 0 Å². The molecule has 1 fully saturated rings. The van der Waals surface area contributed by atoms with Crippen LogP contribution < -0.4 is 5.32 Å². The molecule has 0 aliphatic carbocycles. The van der Waals surface area contributed by atoms with Gasteiger partial charge in [-0.2, -0.15) is 23.5 Å². The van der Waals surface area contributed by atoms with Crippen LogP contribution in [0.5, 0.6) is 0 Å². The van der Waals surface area contributed by atoms with E-state index < -0.39 is 0 Å². The molecular formula is C17H23NOS2. The van der Waals surface area contributed by atoms with Gasteiger partial charge in [0.2, 0.25) is 0 Å². The van der Waals surface area contributed by atoms with Gasteiger partial charge in [0.1, 0.15) is 11.3 Å². The summed E-state index contributed by atoms with van der Waals surface area (Å²) >= 11 is 4.21. The molecule has 1 aliphatic rings. The molecule has 3 atom stereocenters. The molecule has 3 unspecified atom stereocenters. The molecule has 3 rings (SSSR count). The summed E-state index contributed by atoms with van der Waals surface area (Å²) in [6.07, 6.45) is 1.22. The van der Waals surface area contributed by atoms with Crippen LogP contribution in [0.3, 0.4) is 0 Å². The van der Waals surface area contributed by atoms with E-state index in [1.54, 1.807) is 0 Å². The minimum absolute atomic E-state index is 0.292. The van der Waals surface area contributed by atoms with Crippen molar-refractivity contribution in [2.45, 2.75) is 36.8 Å². The van der Waals surface area contributed by atoms with E-state index in [1.165, 1.54) is 28.9 Å². The molecular weight excluding hydrogens is 298 g/mol. The summed E-state index contributed by atoms with van der Waals surface area (Å²) in [6.45, 7) is 4.42. The van der Waals surface area contributed by atoms with Crippen LogP contribution in [0.15, 0.2) is 28.7 Å². The Morgan fingerprint density at radius 3 is 2.86 bits per heavy atom. The summed E-state index contributed by atoms with van der Waals surface area (Å²) in [5.74, 6) is 3.59. The number of hydrogen-bond donors (Lipinski definition) is 1. The molecule has 1 N–H and O–H groups in total. The third kappa shape index (κ3) is 3.13. The molecule has 1 saturated heterocycles. The quantitative estimate of drug-likeness (QED) is 0.887. The molecule has 0 spiro atoms. The minimum Gasteiger partial charge on any atom is -0.459 e. The van der Waals surface area contributed by atoms with Crippen molar-refractivity contribution in [1.82, 2.24) is 5.32 Å². The van der Waals surface area contributed by atoms with E-state index in [1.807, 2.05) is 0 Å². The lowest BCUT2D eigenvalue weighted by atomic mass is 10.1. The first-order valence-electron chi connectivity index (χ1n) is 7.63. The first-order chi connectivity index (χ1) is 10.2. The van der Waals surface area contributed by atoms with Crippen LogP contribution in [0, 0.1) is 6.92 Å². The summed E-state index contributed by atoms with van der Waals surface area (Å²) in [7, 11) is 2.05. The Hall–Kier alpha value is -0.580. The van der Waals surface area contributed by atoms with Gasteiger partial charge >= 0.3 is 0 Å². The number of hydrogen-bond acceptors (Lipinski definition) is 4. The van der Waals surface area contributed by atoms with Crippen molar-refractivity contribution in [1.29, 1.82) is 0 Å². The largest absolute Gasteiger partial charge is 0.459 e. The van der Waals surface area contributed by atoms with Gasteiger partial charge in [-0.05, 0) is 38.6 Å². The van der Waals surface area contributed by atoms with E-state index >= 15 is 0 Å². The molecule has 0 amide bonds. The van der Waals surface area contributed by atoms with Crippen molar-refractivity contribution in [2.24, 2.45) is 0 Å². The summed E-state index contributed by atoms with van der Waals surface area (Å²) < 4.78 is 6.14. The van der Waals surface area contributed by atoms with Gasteiger partial charge in [0.15, 0.2) is 0 Å². The first kappa shape index (κ1) is 15.3. The molecule has 4 heteroatoms. The zero-order valence-corrected chi connectivity index (χ0v) is 14.5. The fourth-order valence-corrected chi connectivity index (χ4v) is 6.32. The topological polar surface area (TPSA) is 25.2 Å². The van der Waals surface area contributed by atoms with Crippen LogP contribution in [0.1, 0.15) is 30.7 Å². The number of nitrogens with one attached hydrogen (secondary N) is 1. The number of thioether (sulfide) groups is 2. The van der Waals surface area contributed by atoms with Crippen LogP contribution in [-0.2, 0) is 0 Å². The molecule has 1 aromatic heterocycles. The van der Waals surface area contributed by atoms with Crippen molar-refractivity contribution >= 4 is 34.5 Å². The number of aryl methyl sites for hydroxylation is 1. The molecule has 1 aliphatic heterocycles. The summed E-state index contributed by atoms with van der Waals surface area (Å²) in [5, 5.41) is 6.00. The number of fused-ring (bicyclic) bond motifs is 1. The average Bonchev–Trinajstić information content (AvgIpc) is 2.91. The molecule has 0 saturated carbocycles. The molecule has 0 bridgehead atoms. The lowest BCUT2D eigenvalue weighted by Crippen LogP contribution is -2.37. The standard InChI is InChI=1S/C17H23NOS2/c1-4-15-17(21-8-7-20-15)16(18-3)14-10-12-9-11(2)5-6-13(12)19-14/h5-6,9-10,15-18H,4,7-8H2,1-3H3. The highest BCUT2D eigenvalue weighted by molar-refractivity contribution is 8.07. The zero-order chi connectivity index (χ0) is 14.8. The van der Waals surface area contributed by atoms with Crippen LogP contribution in [0.4, 0.5) is 0 Å². The van der Waals surface area contributed by atoms with Crippen molar-refractivity contribution in [3.8, 4) is 0 Å². The summed E-state index contributed by atoms with van der Waals surface area (Å²) in [5.41, 5.74) is 2.28. The van der Waals surface area contributed by atoms with Gasteiger partial charge < -0.3 is 9.73 Å². The second kappa shape index (κ2) is 6.67. The highest BCUT2D eigenvalue weighted by Crippen LogP contribution is 2.41. The van der Waals surface area contributed by atoms with Gasteiger partial charge in [0.05, 0.1) is 6.04 Å². The summed E-state index contributed by atoms with van der Waals surface area (Å²) in [4.78, 5) is 0. The van der Waals surface area contributed by atoms with Crippen molar-refractivity contribution in [2.75, 3.05) is 18.6 Å². The van der Waals surface area contributed by atoms with E-state index in [0.717, 1.165) is 11.3 Å². The minimum atomic E-state index is 0.292. The van der Waals surface area contributed by atoms with Crippen LogP contribution in [-0.4, -0.2) is 29.1 Å². The maximum Gasteiger partial charge on any atom is 0.134 e. The fraction of sp³-hybridized carbons (Fsp3) is 0.529. The Labute approximate surface area is 135 Å². The van der Waals surface area contributed by atoms with Crippen molar-refractivity contribution in [3.63, 3.8) is 0 Å². The molecule has 2 nitrogen and oxygen atoms in total. The third-order valence-corrected chi connectivity index (χ3v) is 7.48. The van der Waals surface area contributed by atoms with Crippen LogP contribution in [0.25, 0.3) is 11.0 Å². The number of rotatable bonds is 4. The Morgan fingerprint density at radius 1 is 1.29 bits per heavy atom. The predicted molar refractivity (Wildman–Crippen MR) is 95.5 cm³/mol. The fourth-order valence-electron chi connectivity index (χ4n) is 3.05. The van der Waals surface area contributed by atoms with E-state index in [2.05, 4.69) is 74.0 Å². The van der Waals surface area contributed by atoms with Gasteiger partial charge in [-0.3, -0.25) is 0 Å². The van der Waals surface area contributed by atoms with E-state index in [-0.39, 0.29) is 0 Å². The number of furan rings is 1. The smallest absolute Gasteiger partial charge is 0.134 e. The van der Waals surface area contributed by atoms with Crippen molar-refractivity contribution < 1.29 is 4.42 Å². The maximum atomic E-state index is 6.14. The van der Waals surface area contributed by atoms with E-state index in [9.17, 15) is 0 Å². The molecule has 1 aromatic carbocycles. The SMILES string of the molecule is CCC1SCCSC1C(NC)c1cc2cc(C)ccc2o1. The van der Waals surface area contributed by atoms with Gasteiger partial charge in [-0.25, -0.2) is 0 Å². The zero-order valence-electron chi connectivity index (χ0n) is 12.9. The molecule has 2 aromatic rings. The number of benzene rings is 1. The lowest BCUT2D eigenvalue weighted by Gasteiger charge is -2.34. The molecule has 2 heterocycles. The lowest BCUT2D eigenvalue weighted by molar-refractivity contribution is 0.434. The van der Waals surface area contributed by atoms with Gasteiger partial charge in [0, 0.05) is 27.4 Å². The highest BCUT2D eigenvalue weighted by Gasteiger charge is 2.34. The first-order valence-corrected chi connectivity index (χ1v) is 9.73. The van der Waals surface area contributed by atoms with Crippen LogP contribution >= 0.6 is 23.5 Å². The molecule has 0 radical (unpaired) electrons.